The number of para-hydroxylation sites is 3. The van der Waals surface area contributed by atoms with Gasteiger partial charge in [-0.05, 0) is 36.8 Å². The lowest BCUT2D eigenvalue weighted by Crippen LogP contribution is -2.08. The molecule has 108 valence electrons. The Hall–Kier alpha value is -3.01. The van der Waals surface area contributed by atoms with Crippen LogP contribution in [-0.2, 0) is 4.79 Å². The SMILES string of the molecule is Cc1ccccc1NC(=O)/C=C/c1cnc2ccccc2n1. The quantitative estimate of drug-likeness (QED) is 0.750. The molecule has 1 N–H and O–H groups in total. The number of aryl methyl sites for hydroxylation is 1. The first-order valence-electron chi connectivity index (χ1n) is 6.99. The molecule has 2 aromatic carbocycles. The van der Waals surface area contributed by atoms with Crippen molar-refractivity contribution < 1.29 is 4.79 Å². The molecule has 1 amide bonds. The second kappa shape index (κ2) is 6.18. The highest BCUT2D eigenvalue weighted by Crippen LogP contribution is 2.13. The third-order valence-corrected chi connectivity index (χ3v) is 3.28. The van der Waals surface area contributed by atoms with E-state index in [1.807, 2.05) is 55.5 Å². The third kappa shape index (κ3) is 3.17. The van der Waals surface area contributed by atoms with Gasteiger partial charge in [-0.25, -0.2) is 4.98 Å². The fourth-order valence-electron chi connectivity index (χ4n) is 2.10. The Morgan fingerprint density at radius 1 is 1.05 bits per heavy atom. The number of nitrogens with one attached hydrogen (secondary N) is 1. The molecule has 0 atom stereocenters. The summed E-state index contributed by atoms with van der Waals surface area (Å²) < 4.78 is 0. The lowest BCUT2D eigenvalue weighted by atomic mass is 10.2. The summed E-state index contributed by atoms with van der Waals surface area (Å²) in [5.74, 6) is -0.191. The number of amides is 1. The van der Waals surface area contributed by atoms with E-state index in [1.54, 1.807) is 12.3 Å². The van der Waals surface area contributed by atoms with Crippen LogP contribution in [0.4, 0.5) is 5.69 Å². The van der Waals surface area contributed by atoms with Crippen LogP contribution in [0, 0.1) is 6.92 Å². The van der Waals surface area contributed by atoms with Crippen LogP contribution < -0.4 is 5.32 Å². The molecule has 0 radical (unpaired) electrons. The maximum absolute atomic E-state index is 12.0. The van der Waals surface area contributed by atoms with Crippen molar-refractivity contribution in [3.8, 4) is 0 Å². The van der Waals surface area contributed by atoms with Crippen molar-refractivity contribution in [1.82, 2.24) is 9.97 Å². The second-order valence-electron chi connectivity index (χ2n) is 4.92. The van der Waals surface area contributed by atoms with E-state index in [9.17, 15) is 4.79 Å². The summed E-state index contributed by atoms with van der Waals surface area (Å²) in [5, 5.41) is 2.84. The molecule has 0 aliphatic heterocycles. The van der Waals surface area contributed by atoms with Crippen LogP contribution in [-0.4, -0.2) is 15.9 Å². The Labute approximate surface area is 128 Å². The fourth-order valence-corrected chi connectivity index (χ4v) is 2.10. The largest absolute Gasteiger partial charge is 0.322 e. The monoisotopic (exact) mass is 289 g/mol. The molecular formula is C18H15N3O. The Balaban J connectivity index is 1.75. The molecule has 0 unspecified atom stereocenters. The van der Waals surface area contributed by atoms with E-state index in [0.717, 1.165) is 22.3 Å². The summed E-state index contributed by atoms with van der Waals surface area (Å²) in [6.45, 7) is 1.95. The van der Waals surface area contributed by atoms with E-state index in [0.29, 0.717) is 5.69 Å². The number of hydrogen-bond donors (Lipinski definition) is 1. The first-order chi connectivity index (χ1) is 10.7. The smallest absolute Gasteiger partial charge is 0.248 e. The molecule has 0 saturated heterocycles. The molecule has 3 rings (SSSR count). The number of fused-ring (bicyclic) bond motifs is 1. The number of rotatable bonds is 3. The van der Waals surface area contributed by atoms with Gasteiger partial charge in [-0.2, -0.15) is 0 Å². The summed E-state index contributed by atoms with van der Waals surface area (Å²) in [7, 11) is 0. The predicted octanol–water partition coefficient (Wildman–Crippen LogP) is 3.59. The molecule has 4 heteroatoms. The molecular weight excluding hydrogens is 274 g/mol. The van der Waals surface area contributed by atoms with Gasteiger partial charge < -0.3 is 5.32 Å². The Morgan fingerprint density at radius 3 is 2.59 bits per heavy atom. The van der Waals surface area contributed by atoms with Gasteiger partial charge in [-0.3, -0.25) is 9.78 Å². The van der Waals surface area contributed by atoms with Crippen LogP contribution in [0.25, 0.3) is 17.1 Å². The maximum atomic E-state index is 12.0. The van der Waals surface area contributed by atoms with E-state index in [4.69, 9.17) is 0 Å². The minimum absolute atomic E-state index is 0.191. The van der Waals surface area contributed by atoms with E-state index in [1.165, 1.54) is 6.08 Å². The van der Waals surface area contributed by atoms with Crippen LogP contribution in [0.2, 0.25) is 0 Å². The maximum Gasteiger partial charge on any atom is 0.248 e. The summed E-state index contributed by atoms with van der Waals surface area (Å²) in [6, 6.07) is 15.3. The number of aromatic nitrogens is 2. The number of benzene rings is 2. The molecule has 1 aromatic heterocycles. The standard InChI is InChI=1S/C18H15N3O/c1-13-6-2-3-7-15(13)21-18(22)11-10-14-12-19-16-8-4-5-9-17(16)20-14/h2-12H,1H3,(H,21,22)/b11-10+. The van der Waals surface area contributed by atoms with Crippen molar-refractivity contribution in [2.75, 3.05) is 5.32 Å². The summed E-state index contributed by atoms with van der Waals surface area (Å²) in [4.78, 5) is 20.7. The molecule has 0 bridgehead atoms. The first kappa shape index (κ1) is 13.9. The van der Waals surface area contributed by atoms with Crippen LogP contribution >= 0.6 is 0 Å². The van der Waals surface area contributed by atoms with Crippen molar-refractivity contribution in [2.45, 2.75) is 6.92 Å². The lowest BCUT2D eigenvalue weighted by molar-refractivity contribution is -0.111. The highest BCUT2D eigenvalue weighted by atomic mass is 16.1. The minimum atomic E-state index is -0.191. The number of carbonyl (C=O) groups is 1. The summed E-state index contributed by atoms with van der Waals surface area (Å²) in [6.07, 6.45) is 4.78. The molecule has 0 saturated carbocycles. The van der Waals surface area contributed by atoms with E-state index >= 15 is 0 Å². The highest BCUT2D eigenvalue weighted by molar-refractivity contribution is 6.02. The zero-order chi connectivity index (χ0) is 15.4. The van der Waals surface area contributed by atoms with Gasteiger partial charge in [0.25, 0.3) is 0 Å². The second-order valence-corrected chi connectivity index (χ2v) is 4.92. The topological polar surface area (TPSA) is 54.9 Å². The zero-order valence-electron chi connectivity index (χ0n) is 12.2. The van der Waals surface area contributed by atoms with Crippen LogP contribution in [0.1, 0.15) is 11.3 Å². The zero-order valence-corrected chi connectivity index (χ0v) is 12.2. The average Bonchev–Trinajstić information content (AvgIpc) is 2.55. The molecule has 3 aromatic rings. The predicted molar refractivity (Wildman–Crippen MR) is 88.4 cm³/mol. The summed E-state index contributed by atoms with van der Waals surface area (Å²) in [5.41, 5.74) is 4.13. The van der Waals surface area contributed by atoms with Gasteiger partial charge in [-0.1, -0.05) is 30.3 Å². The Morgan fingerprint density at radius 2 is 1.77 bits per heavy atom. The van der Waals surface area contributed by atoms with Crippen molar-refractivity contribution in [3.63, 3.8) is 0 Å². The normalized spacial score (nSPS) is 11.0. The van der Waals surface area contributed by atoms with Crippen LogP contribution in [0.3, 0.4) is 0 Å². The van der Waals surface area contributed by atoms with Gasteiger partial charge in [0.1, 0.15) is 0 Å². The molecule has 0 aliphatic rings. The van der Waals surface area contributed by atoms with Gasteiger partial charge in [0, 0.05) is 11.8 Å². The Kier molecular flexibility index (Phi) is 3.92. The fraction of sp³-hybridized carbons (Fsp3) is 0.0556. The van der Waals surface area contributed by atoms with Gasteiger partial charge in [-0.15, -0.1) is 0 Å². The molecule has 22 heavy (non-hydrogen) atoms. The van der Waals surface area contributed by atoms with Gasteiger partial charge >= 0.3 is 0 Å². The van der Waals surface area contributed by atoms with Crippen molar-refractivity contribution >= 4 is 28.7 Å². The lowest BCUT2D eigenvalue weighted by Gasteiger charge is -2.05. The third-order valence-electron chi connectivity index (χ3n) is 3.28. The molecule has 0 aliphatic carbocycles. The minimum Gasteiger partial charge on any atom is -0.322 e. The Bertz CT molecular complexity index is 856. The molecule has 0 fully saturated rings. The molecule has 0 spiro atoms. The van der Waals surface area contributed by atoms with Gasteiger partial charge in [0.05, 0.1) is 22.9 Å². The van der Waals surface area contributed by atoms with Crippen LogP contribution in [0.5, 0.6) is 0 Å². The average molecular weight is 289 g/mol. The molecule has 4 nitrogen and oxygen atoms in total. The van der Waals surface area contributed by atoms with Crippen molar-refractivity contribution in [2.24, 2.45) is 0 Å². The van der Waals surface area contributed by atoms with Crippen molar-refractivity contribution in [1.29, 1.82) is 0 Å². The first-order valence-corrected chi connectivity index (χ1v) is 6.99. The molecule has 1 heterocycles. The van der Waals surface area contributed by atoms with E-state index in [-0.39, 0.29) is 5.91 Å². The number of carbonyl (C=O) groups excluding carboxylic acids is 1. The van der Waals surface area contributed by atoms with E-state index in [2.05, 4.69) is 15.3 Å². The number of hydrogen-bond acceptors (Lipinski definition) is 3. The number of anilines is 1. The number of nitrogens with zero attached hydrogens (tertiary/aromatic N) is 2. The summed E-state index contributed by atoms with van der Waals surface area (Å²) >= 11 is 0. The van der Waals surface area contributed by atoms with E-state index < -0.39 is 0 Å². The van der Waals surface area contributed by atoms with Gasteiger partial charge in [0.15, 0.2) is 0 Å². The highest BCUT2D eigenvalue weighted by Gasteiger charge is 2.01. The van der Waals surface area contributed by atoms with Crippen molar-refractivity contribution in [3.05, 3.63) is 72.1 Å². The van der Waals surface area contributed by atoms with Crippen LogP contribution in [0.15, 0.2) is 60.8 Å². The van der Waals surface area contributed by atoms with Gasteiger partial charge in [0.2, 0.25) is 5.91 Å².